The molecule has 0 saturated carbocycles. The van der Waals surface area contributed by atoms with E-state index in [-0.39, 0.29) is 11.8 Å². The average Bonchev–Trinajstić information content (AvgIpc) is 2.30. The Balaban J connectivity index is 1.88. The standard InChI is InChI=1S/C11H21N3O/c12-11(15)9-2-1-7-14(8-9)10-3-5-13-6-4-10/h9-10,13H,1-8H2,(H2,12,15). The number of nitrogens with two attached hydrogens (primary N) is 1. The van der Waals surface area contributed by atoms with Crippen molar-refractivity contribution in [1.82, 2.24) is 10.2 Å². The van der Waals surface area contributed by atoms with Crippen LogP contribution in [0, 0.1) is 5.92 Å². The van der Waals surface area contributed by atoms with Crippen molar-refractivity contribution in [2.45, 2.75) is 31.7 Å². The highest BCUT2D eigenvalue weighted by molar-refractivity contribution is 5.76. The highest BCUT2D eigenvalue weighted by Gasteiger charge is 2.28. The Morgan fingerprint density at radius 3 is 2.67 bits per heavy atom. The van der Waals surface area contributed by atoms with Crippen LogP contribution in [0.15, 0.2) is 0 Å². The Morgan fingerprint density at radius 2 is 2.00 bits per heavy atom. The summed E-state index contributed by atoms with van der Waals surface area (Å²) in [5.74, 6) is -0.0257. The molecule has 1 atom stereocenters. The highest BCUT2D eigenvalue weighted by Crippen LogP contribution is 2.21. The van der Waals surface area contributed by atoms with Crippen LogP contribution in [0.1, 0.15) is 25.7 Å². The monoisotopic (exact) mass is 211 g/mol. The molecule has 0 aromatic heterocycles. The number of carbonyl (C=O) groups is 1. The van der Waals surface area contributed by atoms with E-state index in [0.717, 1.165) is 39.0 Å². The Kier molecular flexibility index (Phi) is 3.59. The smallest absolute Gasteiger partial charge is 0.221 e. The average molecular weight is 211 g/mol. The van der Waals surface area contributed by atoms with Gasteiger partial charge in [-0.3, -0.25) is 9.69 Å². The van der Waals surface area contributed by atoms with E-state index in [9.17, 15) is 4.79 Å². The molecule has 0 aliphatic carbocycles. The molecule has 0 spiro atoms. The SMILES string of the molecule is NC(=O)C1CCCN(C2CCNCC2)C1. The fourth-order valence-corrected chi connectivity index (χ4v) is 2.74. The fourth-order valence-electron chi connectivity index (χ4n) is 2.74. The number of nitrogens with zero attached hydrogens (tertiary/aromatic N) is 1. The van der Waals surface area contributed by atoms with E-state index in [2.05, 4.69) is 10.2 Å². The van der Waals surface area contributed by atoms with Crippen LogP contribution in [0.5, 0.6) is 0 Å². The van der Waals surface area contributed by atoms with Gasteiger partial charge in [0.1, 0.15) is 0 Å². The largest absolute Gasteiger partial charge is 0.369 e. The molecule has 0 bridgehead atoms. The third-order valence-electron chi connectivity index (χ3n) is 3.68. The Bertz CT molecular complexity index is 226. The summed E-state index contributed by atoms with van der Waals surface area (Å²) in [4.78, 5) is 13.6. The topological polar surface area (TPSA) is 58.4 Å². The first-order valence-electron chi connectivity index (χ1n) is 6.01. The van der Waals surface area contributed by atoms with Gasteiger partial charge in [-0.15, -0.1) is 0 Å². The molecule has 2 fully saturated rings. The quantitative estimate of drug-likeness (QED) is 0.672. The van der Waals surface area contributed by atoms with Gasteiger partial charge >= 0.3 is 0 Å². The zero-order valence-electron chi connectivity index (χ0n) is 9.24. The van der Waals surface area contributed by atoms with Crippen molar-refractivity contribution in [1.29, 1.82) is 0 Å². The Hall–Kier alpha value is -0.610. The first-order valence-corrected chi connectivity index (χ1v) is 6.01. The van der Waals surface area contributed by atoms with Crippen LogP contribution in [0.25, 0.3) is 0 Å². The number of primary amides is 1. The minimum atomic E-state index is -0.117. The van der Waals surface area contributed by atoms with Crippen LogP contribution in [-0.2, 0) is 4.79 Å². The van der Waals surface area contributed by atoms with Gasteiger partial charge in [-0.05, 0) is 45.3 Å². The van der Waals surface area contributed by atoms with E-state index in [1.807, 2.05) is 0 Å². The summed E-state index contributed by atoms with van der Waals surface area (Å²) >= 11 is 0. The maximum absolute atomic E-state index is 11.2. The first-order chi connectivity index (χ1) is 7.27. The van der Waals surface area contributed by atoms with Crippen LogP contribution in [0.3, 0.4) is 0 Å². The lowest BCUT2D eigenvalue weighted by atomic mass is 9.94. The minimum absolute atomic E-state index is 0.0913. The van der Waals surface area contributed by atoms with Gasteiger partial charge in [0.15, 0.2) is 0 Å². The molecule has 15 heavy (non-hydrogen) atoms. The number of piperidine rings is 2. The van der Waals surface area contributed by atoms with Crippen LogP contribution in [-0.4, -0.2) is 43.0 Å². The van der Waals surface area contributed by atoms with Crippen molar-refractivity contribution in [2.24, 2.45) is 11.7 Å². The highest BCUT2D eigenvalue weighted by atomic mass is 16.1. The summed E-state index contributed by atoms with van der Waals surface area (Å²) < 4.78 is 0. The zero-order valence-corrected chi connectivity index (χ0v) is 9.24. The van der Waals surface area contributed by atoms with Crippen molar-refractivity contribution in [3.8, 4) is 0 Å². The Labute approximate surface area is 91.2 Å². The third-order valence-corrected chi connectivity index (χ3v) is 3.68. The minimum Gasteiger partial charge on any atom is -0.369 e. The molecule has 2 rings (SSSR count). The Morgan fingerprint density at radius 1 is 1.27 bits per heavy atom. The summed E-state index contributed by atoms with van der Waals surface area (Å²) in [6.45, 7) is 4.26. The molecule has 86 valence electrons. The van der Waals surface area contributed by atoms with E-state index in [1.54, 1.807) is 0 Å². The molecule has 4 heteroatoms. The van der Waals surface area contributed by atoms with Gasteiger partial charge in [-0.2, -0.15) is 0 Å². The second-order valence-electron chi connectivity index (χ2n) is 4.72. The molecule has 4 nitrogen and oxygen atoms in total. The van der Waals surface area contributed by atoms with Gasteiger partial charge in [-0.25, -0.2) is 0 Å². The number of hydrogen-bond acceptors (Lipinski definition) is 3. The second kappa shape index (κ2) is 4.94. The first kappa shape index (κ1) is 10.9. The van der Waals surface area contributed by atoms with E-state index < -0.39 is 0 Å². The number of hydrogen-bond donors (Lipinski definition) is 2. The fraction of sp³-hybridized carbons (Fsp3) is 0.909. The van der Waals surface area contributed by atoms with Crippen molar-refractivity contribution >= 4 is 5.91 Å². The summed E-state index contributed by atoms with van der Waals surface area (Å²) in [7, 11) is 0. The molecule has 0 radical (unpaired) electrons. The maximum Gasteiger partial charge on any atom is 0.221 e. The number of amides is 1. The van der Waals surface area contributed by atoms with Crippen LogP contribution in [0.4, 0.5) is 0 Å². The van der Waals surface area contributed by atoms with Crippen molar-refractivity contribution < 1.29 is 4.79 Å². The molecule has 2 saturated heterocycles. The zero-order chi connectivity index (χ0) is 10.7. The molecule has 3 N–H and O–H groups in total. The lowest BCUT2D eigenvalue weighted by Gasteiger charge is -2.39. The number of likely N-dealkylation sites (tertiary alicyclic amines) is 1. The molecule has 0 aromatic rings. The van der Waals surface area contributed by atoms with Crippen LogP contribution >= 0.6 is 0 Å². The van der Waals surface area contributed by atoms with Gasteiger partial charge in [-0.1, -0.05) is 0 Å². The predicted octanol–water partition coefficient (Wildman–Crippen LogP) is -0.0643. The van der Waals surface area contributed by atoms with Crippen molar-refractivity contribution in [3.63, 3.8) is 0 Å². The molecule has 2 aliphatic rings. The molecule has 0 aromatic carbocycles. The summed E-state index contributed by atoms with van der Waals surface area (Å²) in [6.07, 6.45) is 4.53. The van der Waals surface area contributed by atoms with Gasteiger partial charge in [0.25, 0.3) is 0 Å². The van der Waals surface area contributed by atoms with E-state index in [4.69, 9.17) is 5.73 Å². The maximum atomic E-state index is 11.2. The van der Waals surface area contributed by atoms with Crippen molar-refractivity contribution in [3.05, 3.63) is 0 Å². The van der Waals surface area contributed by atoms with Gasteiger partial charge < -0.3 is 11.1 Å². The van der Waals surface area contributed by atoms with Crippen LogP contribution in [0.2, 0.25) is 0 Å². The normalized spacial score (nSPS) is 30.3. The van der Waals surface area contributed by atoms with Crippen LogP contribution < -0.4 is 11.1 Å². The molecular formula is C11H21N3O. The number of rotatable bonds is 2. The predicted molar refractivity (Wildman–Crippen MR) is 59.4 cm³/mol. The number of nitrogens with one attached hydrogen (secondary N) is 1. The summed E-state index contributed by atoms with van der Waals surface area (Å²) in [5, 5.41) is 3.37. The second-order valence-corrected chi connectivity index (χ2v) is 4.72. The third kappa shape index (κ3) is 2.69. The molecular weight excluding hydrogens is 190 g/mol. The molecule has 1 amide bonds. The summed E-state index contributed by atoms with van der Waals surface area (Å²) in [6, 6.07) is 0.674. The van der Waals surface area contributed by atoms with Crippen molar-refractivity contribution in [2.75, 3.05) is 26.2 Å². The van der Waals surface area contributed by atoms with Gasteiger partial charge in [0, 0.05) is 12.6 Å². The lowest BCUT2D eigenvalue weighted by molar-refractivity contribution is -0.123. The summed E-state index contributed by atoms with van der Waals surface area (Å²) in [5.41, 5.74) is 5.38. The van der Waals surface area contributed by atoms with Gasteiger partial charge in [0.05, 0.1) is 5.92 Å². The van der Waals surface area contributed by atoms with E-state index in [0.29, 0.717) is 6.04 Å². The lowest BCUT2D eigenvalue weighted by Crippen LogP contribution is -2.49. The molecule has 2 heterocycles. The molecule has 1 unspecified atom stereocenters. The van der Waals surface area contributed by atoms with E-state index in [1.165, 1.54) is 12.8 Å². The number of carbonyl (C=O) groups excluding carboxylic acids is 1. The molecule has 2 aliphatic heterocycles. The van der Waals surface area contributed by atoms with E-state index >= 15 is 0 Å². The van der Waals surface area contributed by atoms with Gasteiger partial charge in [0.2, 0.25) is 5.91 Å².